The molecule has 0 spiro atoms. The SMILES string of the molecule is CCCOc1cccc(NC(=O)COc2ccc(C)cc2C)c1. The fourth-order valence-corrected chi connectivity index (χ4v) is 2.19. The second kappa shape index (κ2) is 8.22. The van der Waals surface area contributed by atoms with Crippen molar-refractivity contribution in [2.75, 3.05) is 18.5 Å². The van der Waals surface area contributed by atoms with Crippen molar-refractivity contribution < 1.29 is 14.3 Å². The number of rotatable bonds is 7. The molecule has 0 aliphatic heterocycles. The molecule has 2 aromatic rings. The number of ether oxygens (including phenoxy) is 2. The standard InChI is InChI=1S/C19H23NO3/c1-4-10-22-17-7-5-6-16(12-17)20-19(21)13-23-18-9-8-14(2)11-15(18)3/h5-9,11-12H,4,10,13H2,1-3H3,(H,20,21). The number of hydrogen-bond donors (Lipinski definition) is 1. The molecule has 0 aromatic heterocycles. The molecule has 0 saturated heterocycles. The number of aryl methyl sites for hydroxylation is 2. The fourth-order valence-electron chi connectivity index (χ4n) is 2.19. The number of carbonyl (C=O) groups excluding carboxylic acids is 1. The van der Waals surface area contributed by atoms with E-state index in [0.717, 1.165) is 23.5 Å². The Labute approximate surface area is 137 Å². The van der Waals surface area contributed by atoms with E-state index in [0.29, 0.717) is 12.3 Å². The predicted octanol–water partition coefficient (Wildman–Crippen LogP) is 4.11. The number of carbonyl (C=O) groups is 1. The average Bonchev–Trinajstić information content (AvgIpc) is 2.52. The molecule has 1 N–H and O–H groups in total. The summed E-state index contributed by atoms with van der Waals surface area (Å²) in [5, 5.41) is 2.82. The summed E-state index contributed by atoms with van der Waals surface area (Å²) in [6, 6.07) is 13.2. The first-order chi connectivity index (χ1) is 11.1. The predicted molar refractivity (Wildman–Crippen MR) is 92.3 cm³/mol. The maximum Gasteiger partial charge on any atom is 0.262 e. The summed E-state index contributed by atoms with van der Waals surface area (Å²) in [6.07, 6.45) is 0.945. The molecule has 0 atom stereocenters. The third kappa shape index (κ3) is 5.33. The zero-order valence-electron chi connectivity index (χ0n) is 13.9. The second-order valence-corrected chi connectivity index (χ2v) is 5.48. The van der Waals surface area contributed by atoms with Gasteiger partial charge in [0, 0.05) is 11.8 Å². The van der Waals surface area contributed by atoms with Crippen LogP contribution in [-0.4, -0.2) is 19.1 Å². The molecular weight excluding hydrogens is 290 g/mol. The van der Waals surface area contributed by atoms with Gasteiger partial charge in [-0.2, -0.15) is 0 Å². The summed E-state index contributed by atoms with van der Waals surface area (Å²) in [6.45, 7) is 6.68. The van der Waals surface area contributed by atoms with Gasteiger partial charge in [0.25, 0.3) is 5.91 Å². The van der Waals surface area contributed by atoms with Crippen LogP contribution in [0.5, 0.6) is 11.5 Å². The molecule has 4 heteroatoms. The first kappa shape index (κ1) is 16.9. The molecule has 2 aromatic carbocycles. The molecule has 0 radical (unpaired) electrons. The van der Waals surface area contributed by atoms with Crippen molar-refractivity contribution in [3.05, 3.63) is 53.6 Å². The maximum absolute atomic E-state index is 12.0. The van der Waals surface area contributed by atoms with Crippen LogP contribution in [0.15, 0.2) is 42.5 Å². The molecule has 0 heterocycles. The van der Waals surface area contributed by atoms with Crippen molar-refractivity contribution in [1.29, 1.82) is 0 Å². The topological polar surface area (TPSA) is 47.6 Å². The van der Waals surface area contributed by atoms with E-state index in [1.165, 1.54) is 5.56 Å². The van der Waals surface area contributed by atoms with E-state index in [4.69, 9.17) is 9.47 Å². The number of amides is 1. The largest absolute Gasteiger partial charge is 0.494 e. The van der Waals surface area contributed by atoms with E-state index in [9.17, 15) is 4.79 Å². The van der Waals surface area contributed by atoms with Gasteiger partial charge in [0.1, 0.15) is 11.5 Å². The highest BCUT2D eigenvalue weighted by molar-refractivity contribution is 5.92. The number of benzene rings is 2. The van der Waals surface area contributed by atoms with E-state index >= 15 is 0 Å². The molecule has 0 saturated carbocycles. The highest BCUT2D eigenvalue weighted by Crippen LogP contribution is 2.19. The summed E-state index contributed by atoms with van der Waals surface area (Å²) in [4.78, 5) is 12.0. The van der Waals surface area contributed by atoms with Gasteiger partial charge in [-0.15, -0.1) is 0 Å². The van der Waals surface area contributed by atoms with E-state index < -0.39 is 0 Å². The molecule has 1 amide bonds. The van der Waals surface area contributed by atoms with Crippen LogP contribution in [0, 0.1) is 13.8 Å². The van der Waals surface area contributed by atoms with Gasteiger partial charge in [0.2, 0.25) is 0 Å². The lowest BCUT2D eigenvalue weighted by molar-refractivity contribution is -0.118. The van der Waals surface area contributed by atoms with E-state index in [2.05, 4.69) is 12.2 Å². The Morgan fingerprint density at radius 2 is 1.91 bits per heavy atom. The van der Waals surface area contributed by atoms with Gasteiger partial charge in [-0.25, -0.2) is 0 Å². The van der Waals surface area contributed by atoms with Gasteiger partial charge in [0.05, 0.1) is 6.61 Å². The summed E-state index contributed by atoms with van der Waals surface area (Å²) in [7, 11) is 0. The summed E-state index contributed by atoms with van der Waals surface area (Å²) in [5.74, 6) is 1.28. The van der Waals surface area contributed by atoms with Crippen molar-refractivity contribution in [2.45, 2.75) is 27.2 Å². The summed E-state index contributed by atoms with van der Waals surface area (Å²) in [5.41, 5.74) is 2.89. The zero-order valence-corrected chi connectivity index (χ0v) is 13.9. The normalized spacial score (nSPS) is 10.2. The Morgan fingerprint density at radius 3 is 2.65 bits per heavy atom. The molecule has 0 fully saturated rings. The minimum Gasteiger partial charge on any atom is -0.494 e. The molecule has 122 valence electrons. The number of anilines is 1. The summed E-state index contributed by atoms with van der Waals surface area (Å²) >= 11 is 0. The molecule has 4 nitrogen and oxygen atoms in total. The number of hydrogen-bond acceptors (Lipinski definition) is 3. The highest BCUT2D eigenvalue weighted by Gasteiger charge is 2.06. The molecule has 0 bridgehead atoms. The molecule has 2 rings (SSSR count). The fraction of sp³-hybridized carbons (Fsp3) is 0.316. The Kier molecular flexibility index (Phi) is 6.03. The van der Waals surface area contributed by atoms with Gasteiger partial charge in [-0.3, -0.25) is 4.79 Å². The van der Waals surface area contributed by atoms with Crippen molar-refractivity contribution >= 4 is 11.6 Å². The first-order valence-electron chi connectivity index (χ1n) is 7.81. The molecule has 0 aliphatic rings. The van der Waals surface area contributed by atoms with Crippen LogP contribution >= 0.6 is 0 Å². The molecule has 0 unspecified atom stereocenters. The van der Waals surface area contributed by atoms with Crippen molar-refractivity contribution in [1.82, 2.24) is 0 Å². The minimum absolute atomic E-state index is 0.0239. The molecular formula is C19H23NO3. The second-order valence-electron chi connectivity index (χ2n) is 5.48. The van der Waals surface area contributed by atoms with Gasteiger partial charge in [0.15, 0.2) is 6.61 Å². The third-order valence-electron chi connectivity index (χ3n) is 3.28. The van der Waals surface area contributed by atoms with Crippen LogP contribution in [0.1, 0.15) is 24.5 Å². The zero-order chi connectivity index (χ0) is 16.7. The Morgan fingerprint density at radius 1 is 1.09 bits per heavy atom. The van der Waals surface area contributed by atoms with Gasteiger partial charge in [-0.1, -0.05) is 30.7 Å². The Hall–Kier alpha value is -2.49. The molecule has 0 aliphatic carbocycles. The van der Waals surface area contributed by atoms with Crippen LogP contribution in [-0.2, 0) is 4.79 Å². The van der Waals surface area contributed by atoms with Crippen LogP contribution in [0.25, 0.3) is 0 Å². The maximum atomic E-state index is 12.0. The monoisotopic (exact) mass is 313 g/mol. The van der Waals surface area contributed by atoms with Gasteiger partial charge >= 0.3 is 0 Å². The smallest absolute Gasteiger partial charge is 0.262 e. The lowest BCUT2D eigenvalue weighted by Crippen LogP contribution is -2.20. The molecule has 23 heavy (non-hydrogen) atoms. The van der Waals surface area contributed by atoms with E-state index in [1.807, 2.05) is 56.3 Å². The van der Waals surface area contributed by atoms with Crippen molar-refractivity contribution in [3.8, 4) is 11.5 Å². The third-order valence-corrected chi connectivity index (χ3v) is 3.28. The first-order valence-corrected chi connectivity index (χ1v) is 7.81. The average molecular weight is 313 g/mol. The van der Waals surface area contributed by atoms with E-state index in [-0.39, 0.29) is 12.5 Å². The minimum atomic E-state index is -0.197. The van der Waals surface area contributed by atoms with Crippen LogP contribution in [0.4, 0.5) is 5.69 Å². The lowest BCUT2D eigenvalue weighted by Gasteiger charge is -2.11. The Bertz CT molecular complexity index is 667. The van der Waals surface area contributed by atoms with Gasteiger partial charge in [-0.05, 0) is 44.0 Å². The van der Waals surface area contributed by atoms with E-state index in [1.54, 1.807) is 0 Å². The van der Waals surface area contributed by atoms with Crippen LogP contribution in [0.2, 0.25) is 0 Å². The van der Waals surface area contributed by atoms with Crippen molar-refractivity contribution in [2.24, 2.45) is 0 Å². The summed E-state index contributed by atoms with van der Waals surface area (Å²) < 4.78 is 11.1. The lowest BCUT2D eigenvalue weighted by atomic mass is 10.1. The van der Waals surface area contributed by atoms with Gasteiger partial charge < -0.3 is 14.8 Å². The van der Waals surface area contributed by atoms with Crippen molar-refractivity contribution in [3.63, 3.8) is 0 Å². The quantitative estimate of drug-likeness (QED) is 0.837. The van der Waals surface area contributed by atoms with Crippen LogP contribution < -0.4 is 14.8 Å². The highest BCUT2D eigenvalue weighted by atomic mass is 16.5. The van der Waals surface area contributed by atoms with Crippen LogP contribution in [0.3, 0.4) is 0 Å². The Balaban J connectivity index is 1.89. The number of nitrogens with one attached hydrogen (secondary N) is 1.